The van der Waals surface area contributed by atoms with Crippen LogP contribution in [0.5, 0.6) is 0 Å². The quantitative estimate of drug-likeness (QED) is 0.476. The third-order valence-electron chi connectivity index (χ3n) is 4.10. The number of aliphatic hydroxyl groups is 3. The first kappa shape index (κ1) is 9.25. The molecule has 6 nitrogen and oxygen atoms in total. The lowest BCUT2D eigenvalue weighted by Crippen LogP contribution is -2.53. The molecule has 0 amide bonds. The molecule has 0 spiro atoms. The number of rotatable bonds is 5. The van der Waals surface area contributed by atoms with Gasteiger partial charge in [-0.2, -0.15) is 0 Å². The number of nitrogens with zero attached hydrogens (tertiary/aromatic N) is 1. The number of hydrogen-bond acceptors (Lipinski definition) is 6. The first-order chi connectivity index (χ1) is 12.6. The average Bonchev–Trinajstić information content (AvgIpc) is 3.12. The first-order valence-corrected chi connectivity index (χ1v) is 6.77. The fraction of sp³-hybridized carbons (Fsp3) is 0.800. The molecule has 2 aliphatic rings. The van der Waals surface area contributed by atoms with Crippen LogP contribution in [0, 0.1) is 5.89 Å². The number of ether oxygens (including phenoxy) is 1. The zero-order valence-corrected chi connectivity index (χ0v) is 11.7. The minimum Gasteiger partial charge on any atom is -0.459 e. The molecule has 0 unspecified atom stereocenters. The van der Waals surface area contributed by atoms with Crippen LogP contribution in [0.25, 0.3) is 0 Å². The molecule has 0 bridgehead atoms. The molecular formula is C15H25NO5. The van der Waals surface area contributed by atoms with E-state index in [1.54, 1.807) is 6.08 Å². The van der Waals surface area contributed by atoms with E-state index in [1.165, 1.54) is 0 Å². The van der Waals surface area contributed by atoms with Crippen molar-refractivity contribution in [2.75, 3.05) is 19.7 Å². The second kappa shape index (κ2) is 6.04. The summed E-state index contributed by atoms with van der Waals surface area (Å²) in [6.07, 6.45) is -0.655. The Hall–Kier alpha value is -0.950. The van der Waals surface area contributed by atoms with Crippen molar-refractivity contribution in [2.45, 2.75) is 50.9 Å². The predicted molar refractivity (Wildman–Crippen MR) is 76.5 cm³/mol. The van der Waals surface area contributed by atoms with E-state index in [2.05, 4.69) is 0 Å². The van der Waals surface area contributed by atoms with Crippen LogP contribution in [0.2, 0.25) is 0 Å². The first-order valence-electron chi connectivity index (χ1n) is 10.3. The van der Waals surface area contributed by atoms with Crippen LogP contribution in [0.15, 0.2) is 11.6 Å². The maximum Gasteiger partial charge on any atom is 0.341 e. The minimum absolute atomic E-state index is 0.390. The number of hydrogen-bond donors (Lipinski definition) is 3. The van der Waals surface area contributed by atoms with Crippen LogP contribution in [0.3, 0.4) is 0 Å². The maximum absolute atomic E-state index is 12.6. The molecule has 0 saturated carbocycles. The van der Waals surface area contributed by atoms with Gasteiger partial charge in [0.1, 0.15) is 6.61 Å². The molecule has 3 N–H and O–H groups in total. The Balaban J connectivity index is 2.30. The minimum atomic E-state index is -3.73. The topological polar surface area (TPSA) is 90.2 Å². The van der Waals surface area contributed by atoms with Crippen molar-refractivity contribution in [2.24, 2.45) is 5.89 Å². The van der Waals surface area contributed by atoms with Gasteiger partial charge in [0.25, 0.3) is 0 Å². The van der Waals surface area contributed by atoms with Crippen molar-refractivity contribution in [1.82, 2.24) is 4.90 Å². The average molecular weight is 306 g/mol. The van der Waals surface area contributed by atoms with Gasteiger partial charge in [-0.25, -0.2) is 4.79 Å². The van der Waals surface area contributed by atoms with Gasteiger partial charge in [0, 0.05) is 22.7 Å². The summed E-state index contributed by atoms with van der Waals surface area (Å²) in [7, 11) is 0. The van der Waals surface area contributed by atoms with E-state index in [0.29, 0.717) is 25.1 Å². The van der Waals surface area contributed by atoms with Gasteiger partial charge >= 0.3 is 5.97 Å². The summed E-state index contributed by atoms with van der Waals surface area (Å²) in [4.78, 5) is 14.6. The molecule has 2 rings (SSSR count). The lowest BCUT2D eigenvalue weighted by molar-refractivity contribution is -0.183. The molecule has 0 aromatic heterocycles. The third-order valence-corrected chi connectivity index (χ3v) is 4.10. The summed E-state index contributed by atoms with van der Waals surface area (Å²) in [6, 6.07) is -0.390. The predicted octanol–water partition coefficient (Wildman–Crippen LogP) is -0.327. The lowest BCUT2D eigenvalue weighted by atomic mass is 9.85. The monoisotopic (exact) mass is 306 g/mol. The molecule has 2 aliphatic heterocycles. The smallest absolute Gasteiger partial charge is 0.341 e. The molecule has 0 aromatic rings. The summed E-state index contributed by atoms with van der Waals surface area (Å²) in [5.41, 5.74) is -3.03. The summed E-state index contributed by atoms with van der Waals surface area (Å²) >= 11 is 0. The van der Waals surface area contributed by atoms with Gasteiger partial charge in [0.05, 0.1) is 18.2 Å². The van der Waals surface area contributed by atoms with E-state index in [4.69, 9.17) is 14.3 Å². The van der Waals surface area contributed by atoms with Crippen molar-refractivity contribution in [3.8, 4) is 0 Å². The Morgan fingerprint density at radius 3 is 3.05 bits per heavy atom. The van der Waals surface area contributed by atoms with Gasteiger partial charge < -0.3 is 20.1 Å². The van der Waals surface area contributed by atoms with E-state index in [0.717, 1.165) is 6.92 Å². The van der Waals surface area contributed by atoms with Gasteiger partial charge in [-0.1, -0.05) is 19.8 Å². The van der Waals surface area contributed by atoms with E-state index in [9.17, 15) is 20.1 Å². The van der Waals surface area contributed by atoms with Crippen LogP contribution < -0.4 is 0 Å². The maximum atomic E-state index is 12.6. The highest BCUT2D eigenvalue weighted by atomic mass is 16.6. The normalized spacial score (nSPS) is 36.6. The van der Waals surface area contributed by atoms with E-state index in [-0.39, 0.29) is 0 Å². The van der Waals surface area contributed by atoms with Gasteiger partial charge in [0.15, 0.2) is 5.60 Å². The van der Waals surface area contributed by atoms with Crippen molar-refractivity contribution < 1.29 is 34.4 Å². The van der Waals surface area contributed by atoms with Crippen LogP contribution in [0.4, 0.5) is 0 Å². The molecule has 120 valence electrons. The second-order valence-electron chi connectivity index (χ2n) is 5.47. The Bertz CT molecular complexity index is 634. The molecular weight excluding hydrogens is 274 g/mol. The Kier molecular flexibility index (Phi) is 2.66. The van der Waals surface area contributed by atoms with Gasteiger partial charge in [0.2, 0.25) is 0 Å². The van der Waals surface area contributed by atoms with Crippen LogP contribution in [0.1, 0.15) is 36.6 Å². The summed E-state index contributed by atoms with van der Waals surface area (Å²) in [6.45, 7) is -5.75. The highest BCUT2D eigenvalue weighted by molar-refractivity contribution is 5.80. The fourth-order valence-corrected chi connectivity index (χ4v) is 2.76. The second-order valence-corrected chi connectivity index (χ2v) is 5.47. The molecule has 1 saturated heterocycles. The number of carbonyl (C=O) groups is 1. The fourth-order valence-electron chi connectivity index (χ4n) is 2.76. The Morgan fingerprint density at radius 1 is 1.71 bits per heavy atom. The molecule has 0 aromatic carbocycles. The van der Waals surface area contributed by atoms with Crippen molar-refractivity contribution in [3.05, 3.63) is 11.6 Å². The lowest BCUT2D eigenvalue weighted by Gasteiger charge is -2.32. The molecule has 2 heterocycles. The Labute approximate surface area is 134 Å². The van der Waals surface area contributed by atoms with Crippen LogP contribution in [-0.4, -0.2) is 69.7 Å². The highest BCUT2D eigenvalue weighted by Crippen LogP contribution is 2.30. The Morgan fingerprint density at radius 2 is 2.43 bits per heavy atom. The molecule has 4 atom stereocenters. The molecule has 21 heavy (non-hydrogen) atoms. The largest absolute Gasteiger partial charge is 0.459 e. The third kappa shape index (κ3) is 2.85. The molecule has 0 aliphatic carbocycles. The van der Waals surface area contributed by atoms with Crippen molar-refractivity contribution in [1.29, 1.82) is 0 Å². The molecule has 1 fully saturated rings. The van der Waals surface area contributed by atoms with Gasteiger partial charge in [-0.05, 0) is 24.8 Å². The summed E-state index contributed by atoms with van der Waals surface area (Å²) < 4.78 is 57.8. The van der Waals surface area contributed by atoms with Crippen LogP contribution >= 0.6 is 0 Å². The van der Waals surface area contributed by atoms with E-state index >= 15 is 0 Å². The molecule has 6 heteroatoms. The summed E-state index contributed by atoms with van der Waals surface area (Å²) in [5.74, 6) is -5.46. The van der Waals surface area contributed by atoms with Gasteiger partial charge in [-0.15, -0.1) is 0 Å². The van der Waals surface area contributed by atoms with E-state index < -0.39 is 56.0 Å². The zero-order chi connectivity index (χ0) is 21.7. The number of carbonyl (C=O) groups excluding carboxylic acids is 1. The van der Waals surface area contributed by atoms with Crippen molar-refractivity contribution >= 4 is 5.97 Å². The number of aliphatic hydroxyl groups excluding tert-OH is 2. The zero-order valence-electron chi connectivity index (χ0n) is 18.7. The van der Waals surface area contributed by atoms with Gasteiger partial charge in [-0.3, -0.25) is 4.90 Å². The SMILES string of the molecule is [2H]C([2H])([2H])C([2H])(C([2H])([2H])[2H])[C@@](O)(C(=O)OCC1=CCN2CC[C@@H](O)[C@@H]12)[C@H](C)O. The van der Waals surface area contributed by atoms with E-state index in [1.807, 2.05) is 4.90 Å². The number of fused-ring (bicyclic) bond motifs is 1. The standard InChI is InChI=1S/C15H25NO5/c1-9(2)15(20,10(3)17)14(19)21-8-11-4-6-16-7-5-12(18)13(11)16/h4,9-10,12-13,17-18,20H,5-8H2,1-3H3/t10-,12+,13+,15-/m0/s1/i1D3,2D3,9D. The highest BCUT2D eigenvalue weighted by Gasteiger charge is 2.46. The van der Waals surface area contributed by atoms with Crippen molar-refractivity contribution in [3.63, 3.8) is 0 Å². The number of esters is 1. The molecule has 0 radical (unpaired) electrons. The van der Waals surface area contributed by atoms with Crippen LogP contribution in [-0.2, 0) is 9.53 Å². The summed E-state index contributed by atoms with van der Waals surface area (Å²) in [5, 5.41) is 30.7.